The van der Waals surface area contributed by atoms with E-state index in [1.54, 1.807) is 6.92 Å². The Hall–Kier alpha value is -4.18. The summed E-state index contributed by atoms with van der Waals surface area (Å²) in [6, 6.07) is 20.4. The summed E-state index contributed by atoms with van der Waals surface area (Å²) >= 11 is 0. The second-order valence-electron chi connectivity index (χ2n) is 8.77. The number of benzene rings is 3. The average Bonchev–Trinajstić information content (AvgIpc) is 3.02. The standard InChI is InChI=1S/C27H26N4O3/c1-18-14-19(2)16-21(15-18)30(13-7-12-28)24(32)17-31-25(33)27(3,29-26(31)34)23-11-6-9-20-8-4-5-10-22(20)23/h4-6,8-11,14-16H,7,13,17H2,1-3H3,(H,29,34). The topological polar surface area (TPSA) is 93.5 Å². The number of hydrogen-bond donors (Lipinski definition) is 1. The number of carbonyl (C=O) groups excluding carboxylic acids is 3. The van der Waals surface area contributed by atoms with Gasteiger partial charge in [-0.3, -0.25) is 14.5 Å². The smallest absolute Gasteiger partial charge is 0.319 e. The summed E-state index contributed by atoms with van der Waals surface area (Å²) in [5.74, 6) is -0.909. The minimum Gasteiger partial charge on any atom is -0.319 e. The van der Waals surface area contributed by atoms with Gasteiger partial charge < -0.3 is 10.2 Å². The number of nitrogens with zero attached hydrogens (tertiary/aromatic N) is 3. The maximum Gasteiger partial charge on any atom is 0.325 e. The first-order valence-corrected chi connectivity index (χ1v) is 11.1. The highest BCUT2D eigenvalue weighted by Gasteiger charge is 2.50. The molecule has 1 unspecified atom stereocenters. The molecule has 0 aromatic heterocycles. The highest BCUT2D eigenvalue weighted by atomic mass is 16.2. The van der Waals surface area contributed by atoms with Crippen LogP contribution in [0.5, 0.6) is 0 Å². The van der Waals surface area contributed by atoms with E-state index in [1.807, 2.05) is 74.5 Å². The van der Waals surface area contributed by atoms with Gasteiger partial charge in [-0.2, -0.15) is 5.26 Å². The summed E-state index contributed by atoms with van der Waals surface area (Å²) in [5, 5.41) is 13.7. The van der Waals surface area contributed by atoms with Crippen LogP contribution in [0.4, 0.5) is 10.5 Å². The van der Waals surface area contributed by atoms with Crippen LogP contribution in [0.15, 0.2) is 60.7 Å². The van der Waals surface area contributed by atoms with Crippen LogP contribution in [-0.2, 0) is 15.1 Å². The van der Waals surface area contributed by atoms with Gasteiger partial charge in [-0.05, 0) is 60.4 Å². The molecular weight excluding hydrogens is 428 g/mol. The van der Waals surface area contributed by atoms with Crippen LogP contribution in [-0.4, -0.2) is 35.8 Å². The van der Waals surface area contributed by atoms with E-state index in [2.05, 4.69) is 11.4 Å². The number of rotatable bonds is 6. The first kappa shape index (κ1) is 23.0. The lowest BCUT2D eigenvalue weighted by Crippen LogP contribution is -2.45. The highest BCUT2D eigenvalue weighted by Crippen LogP contribution is 2.34. The number of nitrogens with one attached hydrogen (secondary N) is 1. The maximum absolute atomic E-state index is 13.5. The van der Waals surface area contributed by atoms with Crippen molar-refractivity contribution in [2.45, 2.75) is 32.7 Å². The lowest BCUT2D eigenvalue weighted by molar-refractivity contribution is -0.134. The monoisotopic (exact) mass is 454 g/mol. The zero-order valence-corrected chi connectivity index (χ0v) is 19.5. The van der Waals surface area contributed by atoms with Gasteiger partial charge in [0.05, 0.1) is 12.5 Å². The molecule has 1 aliphatic rings. The Morgan fingerprint density at radius 3 is 2.44 bits per heavy atom. The number of nitriles is 1. The molecule has 1 fully saturated rings. The molecule has 0 saturated carbocycles. The fourth-order valence-corrected chi connectivity index (χ4v) is 4.57. The van der Waals surface area contributed by atoms with Gasteiger partial charge in [-0.15, -0.1) is 0 Å². The van der Waals surface area contributed by atoms with Gasteiger partial charge in [0.15, 0.2) is 0 Å². The molecule has 0 aliphatic carbocycles. The molecule has 0 bridgehead atoms. The summed E-state index contributed by atoms with van der Waals surface area (Å²) in [7, 11) is 0. The van der Waals surface area contributed by atoms with Gasteiger partial charge in [0.25, 0.3) is 5.91 Å². The molecule has 0 spiro atoms. The summed E-state index contributed by atoms with van der Waals surface area (Å²) in [5.41, 5.74) is 1.97. The van der Waals surface area contributed by atoms with Gasteiger partial charge in [0.2, 0.25) is 5.91 Å². The third kappa shape index (κ3) is 4.11. The van der Waals surface area contributed by atoms with Crippen molar-refractivity contribution in [3.8, 4) is 6.07 Å². The number of urea groups is 1. The van der Waals surface area contributed by atoms with Crippen molar-refractivity contribution < 1.29 is 14.4 Å². The van der Waals surface area contributed by atoms with E-state index in [0.717, 1.165) is 26.8 Å². The van der Waals surface area contributed by atoms with E-state index in [4.69, 9.17) is 5.26 Å². The first-order valence-electron chi connectivity index (χ1n) is 11.1. The predicted octanol–water partition coefficient (Wildman–Crippen LogP) is 4.17. The van der Waals surface area contributed by atoms with Gasteiger partial charge in [0.1, 0.15) is 12.1 Å². The fraction of sp³-hybridized carbons (Fsp3) is 0.259. The number of anilines is 1. The molecule has 1 saturated heterocycles. The molecule has 1 aliphatic heterocycles. The quantitative estimate of drug-likeness (QED) is 0.566. The molecule has 3 aromatic rings. The lowest BCUT2D eigenvalue weighted by atomic mass is 9.88. The molecule has 1 atom stereocenters. The predicted molar refractivity (Wildman–Crippen MR) is 130 cm³/mol. The Balaban J connectivity index is 1.64. The maximum atomic E-state index is 13.5. The van der Waals surface area contributed by atoms with Crippen molar-refractivity contribution >= 4 is 34.3 Å². The normalized spacial score (nSPS) is 17.5. The third-order valence-corrected chi connectivity index (χ3v) is 6.16. The summed E-state index contributed by atoms with van der Waals surface area (Å²) in [4.78, 5) is 42.2. The SMILES string of the molecule is Cc1cc(C)cc(N(CCC#N)C(=O)CN2C(=O)NC(C)(c3cccc4ccccc34)C2=O)c1. The largest absolute Gasteiger partial charge is 0.325 e. The molecule has 4 rings (SSSR count). The highest BCUT2D eigenvalue weighted by molar-refractivity contribution is 6.12. The molecular formula is C27H26N4O3. The van der Waals surface area contributed by atoms with Crippen LogP contribution >= 0.6 is 0 Å². The number of carbonyl (C=O) groups is 3. The zero-order chi connectivity index (χ0) is 24.5. The minimum atomic E-state index is -1.30. The van der Waals surface area contributed by atoms with E-state index in [-0.39, 0.29) is 13.0 Å². The van der Waals surface area contributed by atoms with Crippen molar-refractivity contribution in [2.75, 3.05) is 18.0 Å². The van der Waals surface area contributed by atoms with Crippen LogP contribution in [0.25, 0.3) is 10.8 Å². The molecule has 3 aromatic carbocycles. The van der Waals surface area contributed by atoms with Crippen molar-refractivity contribution in [3.63, 3.8) is 0 Å². The molecule has 34 heavy (non-hydrogen) atoms. The van der Waals surface area contributed by atoms with Gasteiger partial charge in [-0.25, -0.2) is 4.79 Å². The molecule has 0 radical (unpaired) electrons. The Bertz CT molecular complexity index is 1320. The molecule has 1 N–H and O–H groups in total. The summed E-state index contributed by atoms with van der Waals surface area (Å²) in [6.07, 6.45) is 0.132. The van der Waals surface area contributed by atoms with E-state index in [0.29, 0.717) is 11.3 Å². The fourth-order valence-electron chi connectivity index (χ4n) is 4.57. The number of aryl methyl sites for hydroxylation is 2. The van der Waals surface area contributed by atoms with Crippen molar-refractivity contribution in [1.82, 2.24) is 10.2 Å². The zero-order valence-electron chi connectivity index (χ0n) is 19.5. The summed E-state index contributed by atoms with van der Waals surface area (Å²) < 4.78 is 0. The molecule has 7 nitrogen and oxygen atoms in total. The molecule has 1 heterocycles. The van der Waals surface area contributed by atoms with Crippen LogP contribution in [0.3, 0.4) is 0 Å². The minimum absolute atomic E-state index is 0.132. The third-order valence-electron chi connectivity index (χ3n) is 6.16. The van der Waals surface area contributed by atoms with Gasteiger partial charge in [0, 0.05) is 12.2 Å². The number of imide groups is 1. The van der Waals surface area contributed by atoms with Crippen molar-refractivity contribution in [1.29, 1.82) is 5.26 Å². The molecule has 7 heteroatoms. The van der Waals surface area contributed by atoms with Gasteiger partial charge in [-0.1, -0.05) is 48.5 Å². The van der Waals surface area contributed by atoms with E-state index < -0.39 is 29.9 Å². The first-order chi connectivity index (χ1) is 16.2. The molecule has 172 valence electrons. The van der Waals surface area contributed by atoms with Gasteiger partial charge >= 0.3 is 6.03 Å². The van der Waals surface area contributed by atoms with E-state index >= 15 is 0 Å². The van der Waals surface area contributed by atoms with Crippen LogP contribution < -0.4 is 10.2 Å². The Morgan fingerprint density at radius 1 is 1.06 bits per heavy atom. The average molecular weight is 455 g/mol. The second kappa shape index (κ2) is 8.99. The Labute approximate surface area is 198 Å². The Morgan fingerprint density at radius 2 is 1.74 bits per heavy atom. The summed E-state index contributed by atoms with van der Waals surface area (Å²) in [6.45, 7) is 5.27. The van der Waals surface area contributed by atoms with Crippen LogP contribution in [0.1, 0.15) is 30.0 Å². The number of amides is 4. The lowest BCUT2D eigenvalue weighted by Gasteiger charge is -2.26. The van der Waals surface area contributed by atoms with Crippen molar-refractivity contribution in [3.05, 3.63) is 77.4 Å². The van der Waals surface area contributed by atoms with Crippen molar-refractivity contribution in [2.24, 2.45) is 0 Å². The van der Waals surface area contributed by atoms with Crippen LogP contribution in [0, 0.1) is 25.2 Å². The van der Waals surface area contributed by atoms with E-state index in [9.17, 15) is 14.4 Å². The Kier molecular flexibility index (Phi) is 6.08. The van der Waals surface area contributed by atoms with Crippen LogP contribution in [0.2, 0.25) is 0 Å². The van der Waals surface area contributed by atoms with E-state index in [1.165, 1.54) is 4.90 Å². The molecule has 4 amide bonds. The number of fused-ring (bicyclic) bond motifs is 1. The second-order valence-corrected chi connectivity index (χ2v) is 8.77. The number of hydrogen-bond acceptors (Lipinski definition) is 4.